The van der Waals surface area contributed by atoms with E-state index in [1.54, 1.807) is 6.07 Å². The van der Waals surface area contributed by atoms with E-state index in [1.165, 1.54) is 32.0 Å². The Kier molecular flexibility index (Phi) is 5.85. The Morgan fingerprint density at radius 2 is 1.81 bits per heavy atom. The molecule has 2 aromatic carbocycles. The van der Waals surface area contributed by atoms with E-state index < -0.39 is 38.7 Å². The van der Waals surface area contributed by atoms with Gasteiger partial charge in [-0.15, -0.1) is 0 Å². The molecular weight excluding hydrogens is 457 g/mol. The Balaban J connectivity index is 2.84. The van der Waals surface area contributed by atoms with Crippen molar-refractivity contribution in [1.82, 2.24) is 0 Å². The quantitative estimate of drug-likeness (QED) is 0.217. The number of carbonyl (C=O) groups is 2. The summed E-state index contributed by atoms with van der Waals surface area (Å²) in [7, 11) is -6.09. The van der Waals surface area contributed by atoms with E-state index in [2.05, 4.69) is 24.8 Å². The van der Waals surface area contributed by atoms with Crippen LogP contribution in [-0.4, -0.2) is 32.3 Å². The Bertz CT molecular complexity index is 1030. The van der Waals surface area contributed by atoms with E-state index in [0.717, 1.165) is 0 Å². The van der Waals surface area contributed by atoms with Crippen LogP contribution in [0.2, 0.25) is 0 Å². The average molecular weight is 469 g/mol. The third-order valence-electron chi connectivity index (χ3n) is 3.44. The SMILES string of the molecule is CCOC(=O)C(=O)c1c(C)cc2c(Br)cccc2c1OS(=O)(=O)C(F)(F)F. The summed E-state index contributed by atoms with van der Waals surface area (Å²) in [5.41, 5.74) is -6.30. The summed E-state index contributed by atoms with van der Waals surface area (Å²) in [4.78, 5) is 24.2. The lowest BCUT2D eigenvalue weighted by Gasteiger charge is -2.17. The smallest absolute Gasteiger partial charge is 0.460 e. The second-order valence-corrected chi connectivity index (χ2v) is 7.66. The molecule has 0 aliphatic rings. The lowest BCUT2D eigenvalue weighted by atomic mass is 9.97. The minimum absolute atomic E-state index is 0.0415. The Morgan fingerprint density at radius 1 is 1.19 bits per heavy atom. The van der Waals surface area contributed by atoms with Crippen LogP contribution in [0.4, 0.5) is 13.2 Å². The molecule has 0 saturated carbocycles. The summed E-state index contributed by atoms with van der Waals surface area (Å²) in [5.74, 6) is -3.55. The molecule has 0 amide bonds. The van der Waals surface area contributed by atoms with E-state index in [9.17, 15) is 31.2 Å². The minimum atomic E-state index is -6.09. The lowest BCUT2D eigenvalue weighted by molar-refractivity contribution is -0.137. The summed E-state index contributed by atoms with van der Waals surface area (Å²) in [6.07, 6.45) is 0. The zero-order valence-corrected chi connectivity index (χ0v) is 16.3. The van der Waals surface area contributed by atoms with Crippen molar-refractivity contribution in [2.75, 3.05) is 6.61 Å². The number of esters is 1. The number of ether oxygens (including phenoxy) is 1. The molecule has 0 aliphatic carbocycles. The first-order valence-electron chi connectivity index (χ1n) is 7.34. The molecule has 0 atom stereocenters. The Hall–Kier alpha value is -2.14. The van der Waals surface area contributed by atoms with Gasteiger partial charge in [-0.05, 0) is 36.9 Å². The van der Waals surface area contributed by atoms with Gasteiger partial charge in [-0.2, -0.15) is 21.6 Å². The standard InChI is InChI=1S/C16H12BrF3O6S/c1-3-25-15(22)13(21)12-8(2)7-10-9(5-4-6-11(10)17)14(12)26-27(23,24)16(18,19)20/h4-7H,3H2,1-2H3. The fourth-order valence-electron chi connectivity index (χ4n) is 2.31. The van der Waals surface area contributed by atoms with Crippen molar-refractivity contribution in [2.24, 2.45) is 0 Å². The lowest BCUT2D eigenvalue weighted by Crippen LogP contribution is -2.29. The molecule has 2 aromatic rings. The predicted molar refractivity (Wildman–Crippen MR) is 93.0 cm³/mol. The Labute approximate surface area is 160 Å². The van der Waals surface area contributed by atoms with Crippen molar-refractivity contribution < 1.29 is 40.1 Å². The number of fused-ring (bicyclic) bond motifs is 1. The van der Waals surface area contributed by atoms with E-state index >= 15 is 0 Å². The van der Waals surface area contributed by atoms with Gasteiger partial charge in [0.1, 0.15) is 0 Å². The molecule has 0 saturated heterocycles. The van der Waals surface area contributed by atoms with Gasteiger partial charge >= 0.3 is 21.6 Å². The van der Waals surface area contributed by atoms with E-state index in [4.69, 9.17) is 0 Å². The highest BCUT2D eigenvalue weighted by Gasteiger charge is 2.49. The van der Waals surface area contributed by atoms with Crippen LogP contribution in [0, 0.1) is 6.92 Å². The highest BCUT2D eigenvalue weighted by atomic mass is 79.9. The molecular formula is C16H12BrF3O6S. The van der Waals surface area contributed by atoms with Gasteiger partial charge < -0.3 is 8.92 Å². The Morgan fingerprint density at radius 3 is 2.37 bits per heavy atom. The van der Waals surface area contributed by atoms with Crippen molar-refractivity contribution in [3.63, 3.8) is 0 Å². The fourth-order valence-corrected chi connectivity index (χ4v) is 3.28. The molecule has 0 radical (unpaired) electrons. The number of benzene rings is 2. The zero-order valence-electron chi connectivity index (χ0n) is 13.9. The van der Waals surface area contributed by atoms with Gasteiger partial charge in [0.2, 0.25) is 0 Å². The third kappa shape index (κ3) is 4.08. The number of rotatable bonds is 5. The topological polar surface area (TPSA) is 86.7 Å². The van der Waals surface area contributed by atoms with Crippen LogP contribution in [0.25, 0.3) is 10.8 Å². The summed E-state index contributed by atoms with van der Waals surface area (Å²) in [6, 6.07) is 5.66. The average Bonchev–Trinajstić information content (AvgIpc) is 2.54. The summed E-state index contributed by atoms with van der Waals surface area (Å²) in [6.45, 7) is 2.61. The van der Waals surface area contributed by atoms with Gasteiger partial charge in [-0.1, -0.05) is 28.1 Å². The van der Waals surface area contributed by atoms with Crippen LogP contribution in [0.3, 0.4) is 0 Å². The normalized spacial score (nSPS) is 12.1. The summed E-state index contributed by atoms with van der Waals surface area (Å²) < 4.78 is 70.8. The first-order valence-corrected chi connectivity index (χ1v) is 9.54. The molecule has 0 fully saturated rings. The second-order valence-electron chi connectivity index (χ2n) is 5.27. The molecule has 0 aromatic heterocycles. The second kappa shape index (κ2) is 7.47. The van der Waals surface area contributed by atoms with E-state index in [-0.39, 0.29) is 17.6 Å². The molecule has 0 aliphatic heterocycles. The number of aryl methyl sites for hydroxylation is 1. The minimum Gasteiger partial charge on any atom is -0.460 e. The summed E-state index contributed by atoms with van der Waals surface area (Å²) >= 11 is 3.20. The maximum atomic E-state index is 12.8. The molecule has 6 nitrogen and oxygen atoms in total. The molecule has 146 valence electrons. The molecule has 27 heavy (non-hydrogen) atoms. The largest absolute Gasteiger partial charge is 0.534 e. The van der Waals surface area contributed by atoms with Gasteiger partial charge in [-0.25, -0.2) is 4.79 Å². The predicted octanol–water partition coefficient (Wildman–Crippen LogP) is 3.88. The zero-order chi connectivity index (χ0) is 20.6. The first kappa shape index (κ1) is 21.2. The molecule has 0 bridgehead atoms. The molecule has 11 heteroatoms. The number of Topliss-reactive ketones (excluding diaryl/α,β-unsaturated/α-hetero) is 1. The number of alkyl halides is 3. The highest BCUT2D eigenvalue weighted by Crippen LogP contribution is 2.39. The van der Waals surface area contributed by atoms with Gasteiger partial charge in [0.15, 0.2) is 5.75 Å². The third-order valence-corrected chi connectivity index (χ3v) is 5.09. The van der Waals surface area contributed by atoms with Crippen molar-refractivity contribution in [3.05, 3.63) is 39.9 Å². The van der Waals surface area contributed by atoms with Gasteiger partial charge in [-0.3, -0.25) is 4.79 Å². The van der Waals surface area contributed by atoms with Gasteiger partial charge in [0, 0.05) is 9.86 Å². The maximum absolute atomic E-state index is 12.8. The molecule has 0 heterocycles. The number of hydrogen-bond donors (Lipinski definition) is 0. The van der Waals surface area contributed by atoms with Crippen LogP contribution in [0.1, 0.15) is 22.8 Å². The van der Waals surface area contributed by atoms with Gasteiger partial charge in [0.05, 0.1) is 12.2 Å². The van der Waals surface area contributed by atoms with Crippen LogP contribution in [-0.2, 0) is 19.6 Å². The van der Waals surface area contributed by atoms with Crippen molar-refractivity contribution in [1.29, 1.82) is 0 Å². The van der Waals surface area contributed by atoms with Crippen molar-refractivity contribution >= 4 is 48.6 Å². The van der Waals surface area contributed by atoms with E-state index in [0.29, 0.717) is 9.86 Å². The van der Waals surface area contributed by atoms with Gasteiger partial charge in [0.25, 0.3) is 5.78 Å². The van der Waals surface area contributed by atoms with Crippen molar-refractivity contribution in [2.45, 2.75) is 19.4 Å². The number of carbonyl (C=O) groups excluding carboxylic acids is 2. The number of halogens is 4. The summed E-state index contributed by atoms with van der Waals surface area (Å²) in [5, 5.41) is 0.193. The first-order chi connectivity index (χ1) is 12.4. The number of ketones is 1. The molecule has 0 spiro atoms. The fraction of sp³-hybridized carbons (Fsp3) is 0.250. The van der Waals surface area contributed by atoms with Crippen LogP contribution >= 0.6 is 15.9 Å². The van der Waals surface area contributed by atoms with Crippen LogP contribution in [0.5, 0.6) is 5.75 Å². The molecule has 0 unspecified atom stereocenters. The highest BCUT2D eigenvalue weighted by molar-refractivity contribution is 9.10. The van der Waals surface area contributed by atoms with E-state index in [1.807, 2.05) is 0 Å². The van der Waals surface area contributed by atoms with Crippen molar-refractivity contribution in [3.8, 4) is 5.75 Å². The van der Waals surface area contributed by atoms with Crippen LogP contribution in [0.15, 0.2) is 28.7 Å². The van der Waals surface area contributed by atoms with Crippen LogP contribution < -0.4 is 4.18 Å². The molecule has 0 N–H and O–H groups in total. The monoisotopic (exact) mass is 468 g/mol. The molecule has 2 rings (SSSR count). The number of hydrogen-bond acceptors (Lipinski definition) is 6. The maximum Gasteiger partial charge on any atom is 0.534 e.